The molecule has 3 heteroatoms. The second kappa shape index (κ2) is 4.10. The first kappa shape index (κ1) is 10.9. The zero-order valence-corrected chi connectivity index (χ0v) is 9.33. The van der Waals surface area contributed by atoms with Gasteiger partial charge in [0.1, 0.15) is 11.6 Å². The average molecular weight is 219 g/mol. The van der Waals surface area contributed by atoms with Crippen LogP contribution in [0.5, 0.6) is 0 Å². The van der Waals surface area contributed by atoms with Crippen molar-refractivity contribution < 1.29 is 8.81 Å². The molecule has 0 fully saturated rings. The Bertz CT molecular complexity index is 504. The highest BCUT2D eigenvalue weighted by Crippen LogP contribution is 2.23. The lowest BCUT2D eigenvalue weighted by Gasteiger charge is -2.10. The first-order valence-corrected chi connectivity index (χ1v) is 5.14. The first-order chi connectivity index (χ1) is 7.58. The average Bonchev–Trinajstić information content (AvgIpc) is 2.68. The fourth-order valence-corrected chi connectivity index (χ4v) is 1.68. The van der Waals surface area contributed by atoms with Crippen molar-refractivity contribution in [2.24, 2.45) is 5.73 Å². The van der Waals surface area contributed by atoms with Gasteiger partial charge in [0.25, 0.3) is 0 Å². The van der Waals surface area contributed by atoms with Crippen LogP contribution in [0, 0.1) is 19.7 Å². The van der Waals surface area contributed by atoms with Crippen molar-refractivity contribution in [2.75, 3.05) is 0 Å². The Morgan fingerprint density at radius 1 is 1.19 bits per heavy atom. The van der Waals surface area contributed by atoms with E-state index in [4.69, 9.17) is 10.2 Å². The third-order valence-corrected chi connectivity index (χ3v) is 2.65. The van der Waals surface area contributed by atoms with Crippen molar-refractivity contribution in [3.63, 3.8) is 0 Å². The molecule has 0 aliphatic rings. The summed E-state index contributed by atoms with van der Waals surface area (Å²) in [6.45, 7) is 3.60. The highest BCUT2D eigenvalue weighted by molar-refractivity contribution is 5.33. The molecule has 2 rings (SSSR count). The Morgan fingerprint density at radius 3 is 2.50 bits per heavy atom. The highest BCUT2D eigenvalue weighted by atomic mass is 19.1. The predicted octanol–water partition coefficient (Wildman–Crippen LogP) is 3.08. The van der Waals surface area contributed by atoms with Gasteiger partial charge < -0.3 is 10.2 Å². The highest BCUT2D eigenvalue weighted by Gasteiger charge is 2.12. The molecule has 1 unspecified atom stereocenters. The van der Waals surface area contributed by atoms with Crippen molar-refractivity contribution in [1.82, 2.24) is 0 Å². The van der Waals surface area contributed by atoms with E-state index in [0.29, 0.717) is 5.56 Å². The molecule has 0 saturated carbocycles. The third kappa shape index (κ3) is 1.99. The summed E-state index contributed by atoms with van der Waals surface area (Å²) in [5.74, 6) is 0.614. The number of hydrogen-bond acceptors (Lipinski definition) is 2. The van der Waals surface area contributed by atoms with E-state index in [1.165, 1.54) is 6.07 Å². The van der Waals surface area contributed by atoms with Gasteiger partial charge >= 0.3 is 0 Å². The quantitative estimate of drug-likeness (QED) is 0.843. The Morgan fingerprint density at radius 2 is 1.94 bits per heavy atom. The number of aryl methyl sites for hydroxylation is 2. The maximum Gasteiger partial charge on any atom is 0.126 e. The Labute approximate surface area is 93.9 Å². The molecule has 0 amide bonds. The largest absolute Gasteiger partial charge is 0.469 e. The fraction of sp³-hybridized carbons (Fsp3) is 0.231. The molecule has 0 aliphatic carbocycles. The molecule has 16 heavy (non-hydrogen) atoms. The normalized spacial score (nSPS) is 12.8. The molecule has 84 valence electrons. The number of halogens is 1. The number of rotatable bonds is 2. The molecule has 0 aliphatic heterocycles. The summed E-state index contributed by atoms with van der Waals surface area (Å²) >= 11 is 0. The van der Waals surface area contributed by atoms with Gasteiger partial charge in [-0.05, 0) is 37.1 Å². The first-order valence-electron chi connectivity index (χ1n) is 5.14. The number of furan rings is 1. The Hall–Kier alpha value is -1.61. The van der Waals surface area contributed by atoms with Gasteiger partial charge in [-0.1, -0.05) is 12.1 Å². The minimum absolute atomic E-state index is 0.209. The molecule has 1 aromatic carbocycles. The van der Waals surface area contributed by atoms with Crippen molar-refractivity contribution >= 4 is 0 Å². The molecule has 0 saturated heterocycles. The number of benzene rings is 1. The fourth-order valence-electron chi connectivity index (χ4n) is 1.68. The van der Waals surface area contributed by atoms with Gasteiger partial charge in [0.15, 0.2) is 0 Å². The standard InChI is InChI=1S/C13H14FNO/c1-8-5-10(3-4-12(8)14)13(15)11-6-9(2)16-7-11/h3-7,13H,15H2,1-2H3. The molecule has 2 aromatic rings. The molecule has 0 bridgehead atoms. The minimum Gasteiger partial charge on any atom is -0.469 e. The minimum atomic E-state index is -0.267. The van der Waals surface area contributed by atoms with Crippen LogP contribution in [-0.2, 0) is 0 Å². The smallest absolute Gasteiger partial charge is 0.126 e. The summed E-state index contributed by atoms with van der Waals surface area (Å²) in [4.78, 5) is 0. The molecule has 2 nitrogen and oxygen atoms in total. The number of hydrogen-bond donors (Lipinski definition) is 1. The van der Waals surface area contributed by atoms with Gasteiger partial charge in [0, 0.05) is 5.56 Å². The number of nitrogens with two attached hydrogens (primary N) is 1. The van der Waals surface area contributed by atoms with Crippen LogP contribution in [0.25, 0.3) is 0 Å². The summed E-state index contributed by atoms with van der Waals surface area (Å²) in [5, 5.41) is 0. The lowest BCUT2D eigenvalue weighted by molar-refractivity contribution is 0.530. The molecule has 0 radical (unpaired) electrons. The summed E-state index contributed by atoms with van der Waals surface area (Å²) in [6.07, 6.45) is 1.64. The van der Waals surface area contributed by atoms with E-state index >= 15 is 0 Å². The van der Waals surface area contributed by atoms with Crippen LogP contribution in [0.4, 0.5) is 4.39 Å². The van der Waals surface area contributed by atoms with E-state index in [9.17, 15) is 4.39 Å². The predicted molar refractivity (Wildman–Crippen MR) is 60.6 cm³/mol. The second-order valence-corrected chi connectivity index (χ2v) is 3.98. The maximum absolute atomic E-state index is 13.1. The Balaban J connectivity index is 2.33. The summed E-state index contributed by atoms with van der Waals surface area (Å²) < 4.78 is 18.3. The van der Waals surface area contributed by atoms with Crippen molar-refractivity contribution in [3.8, 4) is 0 Å². The van der Waals surface area contributed by atoms with Gasteiger partial charge in [0.2, 0.25) is 0 Å². The van der Waals surface area contributed by atoms with Gasteiger partial charge in [-0.25, -0.2) is 4.39 Å². The van der Waals surface area contributed by atoms with E-state index in [0.717, 1.165) is 16.9 Å². The molecule has 0 spiro atoms. The van der Waals surface area contributed by atoms with Crippen molar-refractivity contribution in [3.05, 3.63) is 58.8 Å². The van der Waals surface area contributed by atoms with Crippen LogP contribution < -0.4 is 5.73 Å². The van der Waals surface area contributed by atoms with Crippen molar-refractivity contribution in [1.29, 1.82) is 0 Å². The lowest BCUT2D eigenvalue weighted by Crippen LogP contribution is -2.11. The van der Waals surface area contributed by atoms with Gasteiger partial charge in [-0.15, -0.1) is 0 Å². The van der Waals surface area contributed by atoms with Crippen LogP contribution in [-0.4, -0.2) is 0 Å². The van der Waals surface area contributed by atoms with Crippen LogP contribution in [0.3, 0.4) is 0 Å². The molecular weight excluding hydrogens is 205 g/mol. The van der Waals surface area contributed by atoms with Crippen LogP contribution in [0.1, 0.15) is 28.5 Å². The monoisotopic (exact) mass is 219 g/mol. The summed E-state index contributed by atoms with van der Waals surface area (Å²) in [7, 11) is 0. The van der Waals surface area contributed by atoms with Gasteiger partial charge in [-0.2, -0.15) is 0 Å². The summed E-state index contributed by atoms with van der Waals surface area (Å²) in [5.41, 5.74) is 8.47. The summed E-state index contributed by atoms with van der Waals surface area (Å²) in [6, 6.07) is 6.54. The van der Waals surface area contributed by atoms with Crippen LogP contribution in [0.15, 0.2) is 34.9 Å². The van der Waals surface area contributed by atoms with E-state index in [1.807, 2.05) is 13.0 Å². The van der Waals surface area contributed by atoms with Gasteiger partial charge in [-0.3, -0.25) is 0 Å². The van der Waals surface area contributed by atoms with Crippen molar-refractivity contribution in [2.45, 2.75) is 19.9 Å². The lowest BCUT2D eigenvalue weighted by atomic mass is 10.00. The second-order valence-electron chi connectivity index (χ2n) is 3.98. The zero-order valence-electron chi connectivity index (χ0n) is 9.33. The van der Waals surface area contributed by atoms with E-state index in [-0.39, 0.29) is 11.9 Å². The maximum atomic E-state index is 13.1. The van der Waals surface area contributed by atoms with E-state index in [1.54, 1.807) is 25.3 Å². The molecule has 2 N–H and O–H groups in total. The third-order valence-electron chi connectivity index (χ3n) is 2.65. The van der Waals surface area contributed by atoms with E-state index in [2.05, 4.69) is 0 Å². The SMILES string of the molecule is Cc1cc(C(N)c2ccc(F)c(C)c2)co1. The molecular formula is C13H14FNO. The van der Waals surface area contributed by atoms with Crippen LogP contribution in [0.2, 0.25) is 0 Å². The molecule has 1 aromatic heterocycles. The topological polar surface area (TPSA) is 39.2 Å². The molecule has 1 heterocycles. The Kier molecular flexibility index (Phi) is 2.79. The zero-order chi connectivity index (χ0) is 11.7. The molecule has 1 atom stereocenters. The van der Waals surface area contributed by atoms with E-state index < -0.39 is 0 Å². The van der Waals surface area contributed by atoms with Crippen LogP contribution >= 0.6 is 0 Å². The van der Waals surface area contributed by atoms with Gasteiger partial charge in [0.05, 0.1) is 12.3 Å².